The van der Waals surface area contributed by atoms with E-state index in [4.69, 9.17) is 0 Å². The summed E-state index contributed by atoms with van der Waals surface area (Å²) in [6, 6.07) is 0. The standard InChI is InChI=1S/C17H30/c1-3-5-6-7-8-14-16-11-13(16)10-15-12(4-2)9-17(14)15/h12-17H,3-11H2,1-2H3. The van der Waals surface area contributed by atoms with Crippen molar-refractivity contribution in [2.24, 2.45) is 35.5 Å². The van der Waals surface area contributed by atoms with Crippen LogP contribution in [0, 0.1) is 35.5 Å². The molecule has 17 heavy (non-hydrogen) atoms. The van der Waals surface area contributed by atoms with Gasteiger partial charge in [0.1, 0.15) is 0 Å². The van der Waals surface area contributed by atoms with E-state index in [-0.39, 0.29) is 0 Å². The monoisotopic (exact) mass is 234 g/mol. The van der Waals surface area contributed by atoms with Crippen LogP contribution in [-0.2, 0) is 0 Å². The molecule has 3 aliphatic rings. The number of hydrogen-bond donors (Lipinski definition) is 0. The van der Waals surface area contributed by atoms with Crippen LogP contribution in [0.1, 0.15) is 71.6 Å². The van der Waals surface area contributed by atoms with Gasteiger partial charge in [-0.15, -0.1) is 0 Å². The van der Waals surface area contributed by atoms with Crippen molar-refractivity contribution in [3.05, 3.63) is 0 Å². The molecule has 6 atom stereocenters. The van der Waals surface area contributed by atoms with Gasteiger partial charge in [-0.1, -0.05) is 46.0 Å². The maximum absolute atomic E-state index is 2.41. The predicted octanol–water partition coefficient (Wildman–Crippen LogP) is 5.28. The lowest BCUT2D eigenvalue weighted by Crippen LogP contribution is -2.44. The maximum Gasteiger partial charge on any atom is -0.0349 e. The van der Waals surface area contributed by atoms with Crippen LogP contribution < -0.4 is 0 Å². The van der Waals surface area contributed by atoms with Gasteiger partial charge in [0, 0.05) is 0 Å². The summed E-state index contributed by atoms with van der Waals surface area (Å²) in [5.41, 5.74) is 0. The minimum Gasteiger partial charge on any atom is -0.0654 e. The molecule has 0 aromatic carbocycles. The molecule has 0 heterocycles. The van der Waals surface area contributed by atoms with Gasteiger partial charge in [-0.25, -0.2) is 0 Å². The third kappa shape index (κ3) is 2.17. The second-order valence-corrected chi connectivity index (χ2v) is 7.14. The van der Waals surface area contributed by atoms with Crippen molar-refractivity contribution in [1.82, 2.24) is 0 Å². The normalized spacial score (nSPS) is 46.9. The van der Waals surface area contributed by atoms with E-state index < -0.39 is 0 Å². The lowest BCUT2D eigenvalue weighted by molar-refractivity contribution is -0.0273. The molecule has 0 aliphatic heterocycles. The molecule has 0 spiro atoms. The van der Waals surface area contributed by atoms with Crippen LogP contribution in [0.15, 0.2) is 0 Å². The van der Waals surface area contributed by atoms with E-state index in [2.05, 4.69) is 13.8 Å². The predicted molar refractivity (Wildman–Crippen MR) is 73.8 cm³/mol. The van der Waals surface area contributed by atoms with E-state index in [0.717, 1.165) is 5.92 Å². The van der Waals surface area contributed by atoms with Crippen molar-refractivity contribution < 1.29 is 0 Å². The summed E-state index contributed by atoms with van der Waals surface area (Å²) >= 11 is 0. The second-order valence-electron chi connectivity index (χ2n) is 7.14. The average molecular weight is 234 g/mol. The second kappa shape index (κ2) is 4.94. The van der Waals surface area contributed by atoms with Crippen LogP contribution in [0.2, 0.25) is 0 Å². The van der Waals surface area contributed by atoms with Gasteiger partial charge < -0.3 is 0 Å². The van der Waals surface area contributed by atoms with E-state index in [1.54, 1.807) is 25.7 Å². The molecule has 0 N–H and O–H groups in total. The smallest absolute Gasteiger partial charge is 0.0349 e. The molecule has 98 valence electrons. The molecule has 3 saturated carbocycles. The molecule has 3 aliphatic carbocycles. The zero-order valence-corrected chi connectivity index (χ0v) is 11.8. The number of rotatable bonds is 6. The fraction of sp³-hybridized carbons (Fsp3) is 1.00. The first-order chi connectivity index (χ1) is 8.35. The minimum absolute atomic E-state index is 1.12. The van der Waals surface area contributed by atoms with Crippen LogP contribution in [-0.4, -0.2) is 0 Å². The fourth-order valence-electron chi connectivity index (χ4n) is 5.15. The van der Waals surface area contributed by atoms with Crippen LogP contribution in [0.25, 0.3) is 0 Å². The van der Waals surface area contributed by atoms with Gasteiger partial charge in [0.05, 0.1) is 0 Å². The molecule has 0 nitrogen and oxygen atoms in total. The minimum atomic E-state index is 1.12. The van der Waals surface area contributed by atoms with Gasteiger partial charge in [0.2, 0.25) is 0 Å². The molecule has 0 saturated heterocycles. The van der Waals surface area contributed by atoms with E-state index in [1.807, 2.05) is 0 Å². The summed E-state index contributed by atoms with van der Waals surface area (Å²) in [5.74, 6) is 7.00. The highest BCUT2D eigenvalue weighted by Gasteiger charge is 2.57. The lowest BCUT2D eigenvalue weighted by Gasteiger charge is -2.52. The van der Waals surface area contributed by atoms with Crippen molar-refractivity contribution in [1.29, 1.82) is 0 Å². The summed E-state index contributed by atoms with van der Waals surface area (Å²) in [4.78, 5) is 0. The SMILES string of the molecule is CCCCCCC1C2CC2CC2C(CC)CC21. The first kappa shape index (κ1) is 12.1. The third-order valence-corrected chi connectivity index (χ3v) is 6.30. The zero-order valence-electron chi connectivity index (χ0n) is 11.8. The maximum atomic E-state index is 2.41. The van der Waals surface area contributed by atoms with Gasteiger partial charge in [-0.3, -0.25) is 0 Å². The van der Waals surface area contributed by atoms with Crippen molar-refractivity contribution in [2.75, 3.05) is 0 Å². The molecular weight excluding hydrogens is 204 g/mol. The summed E-state index contributed by atoms with van der Waals surface area (Å²) in [6.45, 7) is 4.74. The molecule has 0 heteroatoms. The molecule has 0 amide bonds. The lowest BCUT2D eigenvalue weighted by atomic mass is 9.53. The van der Waals surface area contributed by atoms with Crippen LogP contribution in [0.5, 0.6) is 0 Å². The average Bonchev–Trinajstić information content (AvgIpc) is 3.07. The van der Waals surface area contributed by atoms with Crippen molar-refractivity contribution >= 4 is 0 Å². The van der Waals surface area contributed by atoms with Gasteiger partial charge in [-0.2, -0.15) is 0 Å². The quantitative estimate of drug-likeness (QED) is 0.549. The van der Waals surface area contributed by atoms with Gasteiger partial charge >= 0.3 is 0 Å². The topological polar surface area (TPSA) is 0 Å². The number of fused-ring (bicyclic) bond motifs is 2. The number of hydrogen-bond acceptors (Lipinski definition) is 0. The van der Waals surface area contributed by atoms with Gasteiger partial charge in [-0.05, 0) is 61.2 Å². The molecular formula is C17H30. The summed E-state index contributed by atoms with van der Waals surface area (Å²) in [5, 5.41) is 0. The third-order valence-electron chi connectivity index (χ3n) is 6.30. The van der Waals surface area contributed by atoms with Gasteiger partial charge in [0.25, 0.3) is 0 Å². The Morgan fingerprint density at radius 2 is 1.65 bits per heavy atom. The molecule has 3 rings (SSSR count). The molecule has 0 aromatic heterocycles. The first-order valence-corrected chi connectivity index (χ1v) is 8.35. The Morgan fingerprint density at radius 3 is 2.41 bits per heavy atom. The highest BCUT2D eigenvalue weighted by Crippen LogP contribution is 2.65. The van der Waals surface area contributed by atoms with Crippen LogP contribution in [0.3, 0.4) is 0 Å². The molecule has 0 aromatic rings. The Morgan fingerprint density at radius 1 is 0.824 bits per heavy atom. The van der Waals surface area contributed by atoms with Crippen molar-refractivity contribution in [2.45, 2.75) is 71.6 Å². The van der Waals surface area contributed by atoms with E-state index >= 15 is 0 Å². The first-order valence-electron chi connectivity index (χ1n) is 8.35. The van der Waals surface area contributed by atoms with Crippen molar-refractivity contribution in [3.8, 4) is 0 Å². The molecule has 6 unspecified atom stereocenters. The van der Waals surface area contributed by atoms with E-state index in [0.29, 0.717) is 0 Å². The highest BCUT2D eigenvalue weighted by atomic mass is 14.6. The number of unbranched alkanes of at least 4 members (excludes halogenated alkanes) is 3. The van der Waals surface area contributed by atoms with Crippen molar-refractivity contribution in [3.63, 3.8) is 0 Å². The van der Waals surface area contributed by atoms with Crippen LogP contribution in [0.4, 0.5) is 0 Å². The molecule has 0 bridgehead atoms. The summed E-state index contributed by atoms with van der Waals surface area (Å²) in [6.07, 6.45) is 13.8. The Balaban J connectivity index is 1.50. The van der Waals surface area contributed by atoms with E-state index in [1.165, 1.54) is 61.7 Å². The molecule has 3 fully saturated rings. The Labute approximate surface area is 108 Å². The Hall–Kier alpha value is 0. The van der Waals surface area contributed by atoms with E-state index in [9.17, 15) is 0 Å². The zero-order chi connectivity index (χ0) is 11.8. The summed E-state index contributed by atoms with van der Waals surface area (Å²) in [7, 11) is 0. The fourth-order valence-corrected chi connectivity index (χ4v) is 5.15. The van der Waals surface area contributed by atoms with Crippen LogP contribution >= 0.6 is 0 Å². The molecule has 0 radical (unpaired) electrons. The Kier molecular flexibility index (Phi) is 3.50. The highest BCUT2D eigenvalue weighted by molar-refractivity contribution is 5.06. The van der Waals surface area contributed by atoms with Gasteiger partial charge in [0.15, 0.2) is 0 Å². The Bertz CT molecular complexity index is 257. The summed E-state index contributed by atoms with van der Waals surface area (Å²) < 4.78 is 0. The largest absolute Gasteiger partial charge is 0.0654 e.